The number of carbonyl (C=O) groups excluding carboxylic acids is 5. The van der Waals surface area contributed by atoms with Crippen LogP contribution in [0.1, 0.15) is 116 Å². The lowest BCUT2D eigenvalue weighted by Gasteiger charge is -2.44. The van der Waals surface area contributed by atoms with Gasteiger partial charge in [-0.1, -0.05) is 98.3 Å². The third-order valence-electron chi connectivity index (χ3n) is 19.9. The van der Waals surface area contributed by atoms with Crippen LogP contribution >= 0.6 is 0 Å². The number of rotatable bonds is 25. The first-order valence-corrected chi connectivity index (χ1v) is 34.1. The van der Waals surface area contributed by atoms with Crippen molar-refractivity contribution in [3.8, 4) is 11.1 Å². The molecule has 6 aromatic carbocycles. The van der Waals surface area contributed by atoms with Gasteiger partial charge in [-0.05, 0) is 160 Å². The normalized spacial score (nSPS) is 17.9. The molecule has 1 aliphatic carbocycles. The number of hydrogen-bond donors (Lipinski definition) is 2. The Balaban J connectivity index is 0.000000235. The summed E-state index contributed by atoms with van der Waals surface area (Å²) in [6.45, 7) is 8.57. The van der Waals surface area contributed by atoms with Crippen molar-refractivity contribution in [3.63, 3.8) is 0 Å². The van der Waals surface area contributed by atoms with Gasteiger partial charge in [-0.2, -0.15) is 26.3 Å². The van der Waals surface area contributed by atoms with E-state index in [1.807, 2.05) is 90.8 Å². The molecule has 0 bridgehead atoms. The molecule has 3 fully saturated rings. The van der Waals surface area contributed by atoms with Gasteiger partial charge in [0.1, 0.15) is 30.9 Å². The number of unbranched alkanes of at least 4 members (excludes halogenated alkanes) is 2. The number of fused-ring (bicyclic) bond motifs is 2. The standard InChI is InChI=1S/C42H58N6O6.C34H33F7N2O2/c1-45(41(51)32-53-4)27-13-19-40(50)47(3)35-22-20-34(21-23-35)43-26-12-6-9-18-39(49)46(2)30-31-48-28-24-36(25-29-48)54-42(52)44-38-17-11-10-16-37(38)33-14-7-5-8-15-33;1-22-16-23-4-2-3-5-29(23)31(22)10-13-42(14-11-31)15-12-32(25-6-8-28(35)9-7-25)20-43(21-45-32)30(44)24-17-26(33(36,37)38)19-27(18-24)34(39,40)41/h5,7-8,10-11,14-17,20-23,36,43H,6,9,12-13,18-19,24-32H2,1-4H3,(H,44,52);2-9,17-19,22H,10-16,20-21H2,1H3/t;22-,32-/m.0/s1. The molecule has 10 rings (SSSR count). The first-order chi connectivity index (χ1) is 47.3. The number of amides is 5. The highest BCUT2D eigenvalue weighted by atomic mass is 19.4. The Kier molecular flexibility index (Phi) is 25.8. The molecule has 2 atom stereocenters. The van der Waals surface area contributed by atoms with Crippen molar-refractivity contribution in [2.45, 2.75) is 113 Å². The second-order valence-corrected chi connectivity index (χ2v) is 26.5. The van der Waals surface area contributed by atoms with Gasteiger partial charge in [0.2, 0.25) is 17.7 Å². The Bertz CT molecular complexity index is 3630. The van der Waals surface area contributed by atoms with Gasteiger partial charge in [0.15, 0.2) is 0 Å². The number of carbonyl (C=O) groups is 5. The highest BCUT2D eigenvalue weighted by molar-refractivity contribution is 5.95. The van der Waals surface area contributed by atoms with Gasteiger partial charge in [0.05, 0.1) is 23.4 Å². The quantitative estimate of drug-likeness (QED) is 0.0415. The molecule has 16 nitrogen and oxygen atoms in total. The third kappa shape index (κ3) is 20.0. The number of halogens is 7. The minimum Gasteiger partial charge on any atom is -0.446 e. The number of alkyl halides is 6. The van der Waals surface area contributed by atoms with Crippen molar-refractivity contribution in [2.24, 2.45) is 5.92 Å². The summed E-state index contributed by atoms with van der Waals surface area (Å²) < 4.78 is 111. The summed E-state index contributed by atoms with van der Waals surface area (Å²) in [5.74, 6) is -0.903. The van der Waals surface area contributed by atoms with Crippen molar-refractivity contribution in [1.29, 1.82) is 0 Å². The molecule has 6 aromatic rings. The van der Waals surface area contributed by atoms with Crippen LogP contribution in [-0.2, 0) is 58.4 Å². The van der Waals surface area contributed by atoms with Gasteiger partial charge in [-0.25, -0.2) is 9.18 Å². The largest absolute Gasteiger partial charge is 0.446 e. The molecule has 0 saturated carbocycles. The Morgan fingerprint density at radius 3 is 1.97 bits per heavy atom. The zero-order valence-corrected chi connectivity index (χ0v) is 57.1. The second-order valence-electron chi connectivity index (χ2n) is 26.5. The van der Waals surface area contributed by atoms with Crippen LogP contribution in [0.5, 0.6) is 0 Å². The van der Waals surface area contributed by atoms with E-state index in [9.17, 15) is 54.7 Å². The zero-order valence-electron chi connectivity index (χ0n) is 57.1. The monoisotopic (exact) mass is 1380 g/mol. The average Bonchev–Trinajstić information content (AvgIpc) is 1.62. The number of piperidine rings is 2. The molecule has 0 unspecified atom stereocenters. The molecule has 0 radical (unpaired) electrons. The molecular weight excluding hydrogens is 1290 g/mol. The molecule has 23 heteroatoms. The van der Waals surface area contributed by atoms with Crippen LogP contribution < -0.4 is 15.5 Å². The van der Waals surface area contributed by atoms with Gasteiger partial charge in [0.25, 0.3) is 5.91 Å². The van der Waals surface area contributed by atoms with E-state index >= 15 is 0 Å². The number of ether oxygens (including phenoxy) is 3. The molecule has 2 N–H and O–H groups in total. The molecule has 1 spiro atoms. The molecule has 99 heavy (non-hydrogen) atoms. The predicted octanol–water partition coefficient (Wildman–Crippen LogP) is 14.1. The van der Waals surface area contributed by atoms with E-state index in [0.29, 0.717) is 68.9 Å². The maximum atomic E-state index is 13.9. The highest BCUT2D eigenvalue weighted by Crippen LogP contribution is 2.50. The Hall–Kier alpha value is -8.38. The maximum Gasteiger partial charge on any atom is 0.416 e. The first-order valence-electron chi connectivity index (χ1n) is 34.1. The Morgan fingerprint density at radius 1 is 0.667 bits per heavy atom. The number of likely N-dealkylation sites (N-methyl/N-ethyl adjacent to an activating group) is 2. The van der Waals surface area contributed by atoms with E-state index in [1.54, 1.807) is 23.9 Å². The van der Waals surface area contributed by atoms with Crippen LogP contribution in [0.3, 0.4) is 0 Å². The minimum atomic E-state index is -5.08. The predicted molar refractivity (Wildman–Crippen MR) is 367 cm³/mol. The van der Waals surface area contributed by atoms with Crippen molar-refractivity contribution in [2.75, 3.05) is 123 Å². The smallest absolute Gasteiger partial charge is 0.416 e. The summed E-state index contributed by atoms with van der Waals surface area (Å²) in [7, 11) is 6.84. The van der Waals surface area contributed by atoms with Crippen LogP contribution in [0.25, 0.3) is 11.1 Å². The summed E-state index contributed by atoms with van der Waals surface area (Å²) in [5.41, 5.74) is 3.05. The van der Waals surface area contributed by atoms with E-state index < -0.39 is 52.5 Å². The highest BCUT2D eigenvalue weighted by Gasteiger charge is 2.48. The number of anilines is 3. The SMILES string of the molecule is COCC(=O)N(C)CCCC(=O)N(C)c1ccc(NCCCCCC(=O)N(C)CCN2CCC(OC(=O)Nc3ccccc3-c3ccccc3)CC2)cc1.C[C@H]1Cc2ccccc2C12CCN(CC[C@@]1(c3ccc(F)cc3)CN(C(=O)c3cc(C(F)(F)F)cc(C(F)(F)F)c3)CO1)CC2. The summed E-state index contributed by atoms with van der Waals surface area (Å²) in [6.07, 6.45) is -1.59. The fraction of sp³-hybridized carbons (Fsp3) is 0.461. The molecule has 3 aliphatic heterocycles. The number of nitrogens with one attached hydrogen (secondary N) is 2. The Labute approximate surface area is 575 Å². The lowest BCUT2D eigenvalue weighted by Crippen LogP contribution is -2.46. The maximum absolute atomic E-state index is 13.9. The average molecular weight is 1380 g/mol. The summed E-state index contributed by atoms with van der Waals surface area (Å²) in [5, 5.41) is 6.36. The number of para-hydroxylation sites is 1. The van der Waals surface area contributed by atoms with Crippen LogP contribution in [0.4, 0.5) is 52.6 Å². The zero-order chi connectivity index (χ0) is 70.9. The van der Waals surface area contributed by atoms with Crippen LogP contribution in [0.2, 0.25) is 0 Å². The van der Waals surface area contributed by atoms with Crippen LogP contribution in [-0.4, -0.2) is 167 Å². The number of likely N-dealkylation sites (tertiary alicyclic amines) is 2. The Morgan fingerprint density at radius 2 is 1.29 bits per heavy atom. The number of hydrogen-bond acceptors (Lipinski definition) is 11. The lowest BCUT2D eigenvalue weighted by atomic mass is 9.68. The molecule has 5 amide bonds. The van der Waals surface area contributed by atoms with E-state index in [-0.39, 0.29) is 55.2 Å². The van der Waals surface area contributed by atoms with Crippen molar-refractivity contribution >= 4 is 46.8 Å². The van der Waals surface area contributed by atoms with Gasteiger partial charge in [-0.15, -0.1) is 0 Å². The second kappa shape index (κ2) is 34.1. The molecule has 0 aromatic heterocycles. The summed E-state index contributed by atoms with van der Waals surface area (Å²) >= 11 is 0. The molecule has 3 saturated heterocycles. The number of nitrogens with zero attached hydrogens (tertiary/aromatic N) is 6. The summed E-state index contributed by atoms with van der Waals surface area (Å²) in [4.78, 5) is 74.2. The van der Waals surface area contributed by atoms with Gasteiger partial charge < -0.3 is 48.9 Å². The van der Waals surface area contributed by atoms with Crippen LogP contribution in [0, 0.1) is 11.7 Å². The molecular formula is C76H91F7N8O8. The van der Waals surface area contributed by atoms with E-state index in [2.05, 4.69) is 51.6 Å². The minimum absolute atomic E-state index is 0.00103. The van der Waals surface area contributed by atoms with Gasteiger partial charge >= 0.3 is 18.4 Å². The molecule has 4 aliphatic rings. The third-order valence-corrected chi connectivity index (χ3v) is 19.9. The van der Waals surface area contributed by atoms with Gasteiger partial charge in [-0.3, -0.25) is 24.5 Å². The van der Waals surface area contributed by atoms with Gasteiger partial charge in [0, 0.05) is 115 Å². The van der Waals surface area contributed by atoms with Crippen molar-refractivity contribution in [3.05, 3.63) is 185 Å². The van der Waals surface area contributed by atoms with Crippen LogP contribution in [0.15, 0.2) is 146 Å². The molecule has 532 valence electrons. The van der Waals surface area contributed by atoms with Crippen molar-refractivity contribution in [1.82, 2.24) is 24.5 Å². The van der Waals surface area contributed by atoms with E-state index in [1.165, 1.54) is 42.5 Å². The van der Waals surface area contributed by atoms with Crippen molar-refractivity contribution < 1.29 is 68.9 Å². The lowest BCUT2D eigenvalue weighted by molar-refractivity contribution is -0.143. The number of benzene rings is 6. The topological polar surface area (TPSA) is 157 Å². The van der Waals surface area contributed by atoms with E-state index in [0.717, 1.165) is 124 Å². The molecule has 3 heterocycles. The fourth-order valence-electron chi connectivity index (χ4n) is 13.8. The van der Waals surface area contributed by atoms with E-state index in [4.69, 9.17) is 14.2 Å². The fourth-order valence-corrected chi connectivity index (χ4v) is 13.8. The number of methoxy groups -OCH3 is 1. The summed E-state index contributed by atoms with van der Waals surface area (Å²) in [6, 6.07) is 40.5. The first kappa shape index (κ1) is 74.8.